The Kier molecular flexibility index (Phi) is 3.85. The van der Waals surface area contributed by atoms with Gasteiger partial charge in [0.2, 0.25) is 5.82 Å². The van der Waals surface area contributed by atoms with E-state index in [1.807, 2.05) is 20.8 Å². The van der Waals surface area contributed by atoms with E-state index in [0.29, 0.717) is 9.11 Å². The Balaban J connectivity index is 3.46. The lowest BCUT2D eigenvalue weighted by molar-refractivity contribution is 0.0586. The van der Waals surface area contributed by atoms with Gasteiger partial charge in [0.05, 0.1) is 11.6 Å². The van der Waals surface area contributed by atoms with Crippen LogP contribution in [0.25, 0.3) is 0 Å². The van der Waals surface area contributed by atoms with Crippen molar-refractivity contribution >= 4 is 34.1 Å². The van der Waals surface area contributed by atoms with Crippen LogP contribution in [-0.4, -0.2) is 23.0 Å². The molecule has 0 bridgehead atoms. The Morgan fingerprint density at radius 3 is 2.50 bits per heavy atom. The molecule has 1 aromatic rings. The number of carbonyl (C=O) groups is 1. The summed E-state index contributed by atoms with van der Waals surface area (Å²) in [5.74, 6) is -0.398. The fraction of sp³-hybridized carbons (Fsp3) is 0.500. The lowest BCUT2D eigenvalue weighted by atomic mass is 9.92. The zero-order valence-electron chi connectivity index (χ0n) is 9.55. The van der Waals surface area contributed by atoms with E-state index < -0.39 is 5.97 Å². The number of methoxy groups -OCH3 is 1. The first-order valence-corrected chi connectivity index (χ1v) is 5.86. The summed E-state index contributed by atoms with van der Waals surface area (Å²) >= 11 is 8.45. The molecule has 4 nitrogen and oxygen atoms in total. The van der Waals surface area contributed by atoms with Crippen molar-refractivity contribution in [2.75, 3.05) is 7.11 Å². The van der Waals surface area contributed by atoms with Gasteiger partial charge in [0, 0.05) is 11.1 Å². The largest absolute Gasteiger partial charge is 0.463 e. The third-order valence-corrected chi connectivity index (χ3v) is 3.32. The van der Waals surface area contributed by atoms with Crippen molar-refractivity contribution in [3.8, 4) is 0 Å². The maximum absolute atomic E-state index is 11.4. The predicted molar refractivity (Wildman–Crippen MR) is 67.2 cm³/mol. The van der Waals surface area contributed by atoms with Gasteiger partial charge in [-0.15, -0.1) is 0 Å². The SMILES string of the molecule is COC(=O)c1nc(=S)c(Br)c(C(C)(C)C)[nH]1. The second-order valence-electron chi connectivity index (χ2n) is 4.32. The van der Waals surface area contributed by atoms with Crippen LogP contribution in [0.4, 0.5) is 0 Å². The average Bonchev–Trinajstić information content (AvgIpc) is 2.18. The van der Waals surface area contributed by atoms with Crippen LogP contribution < -0.4 is 0 Å². The number of nitrogens with zero attached hydrogens (tertiary/aromatic N) is 1. The number of carbonyl (C=O) groups excluding carboxylic acids is 1. The van der Waals surface area contributed by atoms with Gasteiger partial charge in [0.25, 0.3) is 0 Å². The molecule has 16 heavy (non-hydrogen) atoms. The van der Waals surface area contributed by atoms with E-state index in [2.05, 4.69) is 30.6 Å². The summed E-state index contributed by atoms with van der Waals surface area (Å²) in [6, 6.07) is 0. The van der Waals surface area contributed by atoms with E-state index in [1.54, 1.807) is 0 Å². The van der Waals surface area contributed by atoms with Gasteiger partial charge in [-0.2, -0.15) is 0 Å². The molecule has 0 saturated carbocycles. The third-order valence-electron chi connectivity index (χ3n) is 1.99. The molecule has 6 heteroatoms. The van der Waals surface area contributed by atoms with Gasteiger partial charge < -0.3 is 9.72 Å². The number of hydrogen-bond donors (Lipinski definition) is 1. The summed E-state index contributed by atoms with van der Waals surface area (Å²) in [6.45, 7) is 6.04. The van der Waals surface area contributed by atoms with Gasteiger partial charge in [-0.05, 0) is 15.9 Å². The van der Waals surface area contributed by atoms with Crippen LogP contribution in [0.2, 0.25) is 0 Å². The lowest BCUT2D eigenvalue weighted by Crippen LogP contribution is -2.19. The van der Waals surface area contributed by atoms with Crippen molar-refractivity contribution < 1.29 is 9.53 Å². The molecule has 0 fully saturated rings. The minimum absolute atomic E-state index is 0.126. The molecule has 0 aromatic carbocycles. The number of esters is 1. The van der Waals surface area contributed by atoms with Crippen molar-refractivity contribution in [2.24, 2.45) is 0 Å². The Hall–Kier alpha value is -0.750. The molecule has 1 rings (SSSR count). The average molecular weight is 305 g/mol. The standard InChI is InChI=1S/C10H13BrN2O2S/c1-10(2,3)6-5(11)8(16)13-7(12-6)9(14)15-4/h1-4H3,(H,12,13,16). The lowest BCUT2D eigenvalue weighted by Gasteiger charge is -2.20. The highest BCUT2D eigenvalue weighted by molar-refractivity contribution is 9.10. The van der Waals surface area contributed by atoms with E-state index in [4.69, 9.17) is 12.2 Å². The van der Waals surface area contributed by atoms with Gasteiger partial charge >= 0.3 is 5.97 Å². The van der Waals surface area contributed by atoms with E-state index in [0.717, 1.165) is 5.69 Å². The molecule has 0 aliphatic carbocycles. The smallest absolute Gasteiger partial charge is 0.374 e. The van der Waals surface area contributed by atoms with Crippen molar-refractivity contribution in [1.82, 2.24) is 9.97 Å². The van der Waals surface area contributed by atoms with Gasteiger partial charge in [0.15, 0.2) is 0 Å². The molecule has 0 radical (unpaired) electrons. The maximum Gasteiger partial charge on any atom is 0.374 e. The molecule has 0 spiro atoms. The van der Waals surface area contributed by atoms with E-state index in [9.17, 15) is 4.79 Å². The summed E-state index contributed by atoms with van der Waals surface area (Å²) in [5, 5.41) is 0. The topological polar surface area (TPSA) is 55.0 Å². The molecule has 1 heterocycles. The highest BCUT2D eigenvalue weighted by Gasteiger charge is 2.22. The molecule has 0 aliphatic rings. The molecule has 1 N–H and O–H groups in total. The summed E-state index contributed by atoms with van der Waals surface area (Å²) in [7, 11) is 1.31. The Labute approximate surface area is 108 Å². The maximum atomic E-state index is 11.4. The molecular weight excluding hydrogens is 292 g/mol. The van der Waals surface area contributed by atoms with Crippen LogP contribution in [-0.2, 0) is 10.2 Å². The Morgan fingerprint density at radius 2 is 2.06 bits per heavy atom. The summed E-state index contributed by atoms with van der Waals surface area (Å²) in [5.41, 5.74) is 0.658. The van der Waals surface area contributed by atoms with Crippen LogP contribution in [0.15, 0.2) is 4.47 Å². The Bertz CT molecular complexity index is 477. The van der Waals surface area contributed by atoms with Gasteiger partial charge in [0.1, 0.15) is 4.64 Å². The minimum Gasteiger partial charge on any atom is -0.463 e. The molecule has 1 aromatic heterocycles. The molecule has 0 saturated heterocycles. The zero-order chi connectivity index (χ0) is 12.5. The van der Waals surface area contributed by atoms with Gasteiger partial charge in [-0.1, -0.05) is 33.0 Å². The second-order valence-corrected chi connectivity index (χ2v) is 5.50. The Morgan fingerprint density at radius 1 is 1.50 bits per heavy atom. The molecule has 0 unspecified atom stereocenters. The van der Waals surface area contributed by atoms with E-state index in [1.165, 1.54) is 7.11 Å². The van der Waals surface area contributed by atoms with Crippen LogP contribution in [0.3, 0.4) is 0 Å². The van der Waals surface area contributed by atoms with Crippen molar-refractivity contribution in [1.29, 1.82) is 0 Å². The monoisotopic (exact) mass is 304 g/mol. The number of aromatic nitrogens is 2. The molecule has 88 valence electrons. The fourth-order valence-electron chi connectivity index (χ4n) is 1.17. The number of ether oxygens (including phenoxy) is 1. The number of H-pyrrole nitrogens is 1. The number of rotatable bonds is 1. The number of halogens is 1. The number of aromatic amines is 1. The third kappa shape index (κ3) is 2.68. The normalized spacial score (nSPS) is 11.3. The van der Waals surface area contributed by atoms with E-state index >= 15 is 0 Å². The predicted octanol–water partition coefficient (Wildman–Crippen LogP) is 2.99. The first kappa shape index (κ1) is 13.3. The van der Waals surface area contributed by atoms with Crippen LogP contribution in [0.5, 0.6) is 0 Å². The molecule has 0 atom stereocenters. The number of nitrogens with one attached hydrogen (secondary N) is 1. The highest BCUT2D eigenvalue weighted by atomic mass is 79.9. The van der Waals surface area contributed by atoms with Crippen molar-refractivity contribution in [3.63, 3.8) is 0 Å². The van der Waals surface area contributed by atoms with Crippen molar-refractivity contribution in [3.05, 3.63) is 20.6 Å². The highest BCUT2D eigenvalue weighted by Crippen LogP contribution is 2.28. The molecule has 0 amide bonds. The van der Waals surface area contributed by atoms with Crippen LogP contribution in [0, 0.1) is 4.64 Å². The fourth-order valence-corrected chi connectivity index (χ4v) is 2.14. The van der Waals surface area contributed by atoms with Gasteiger partial charge in [-0.3, -0.25) is 0 Å². The van der Waals surface area contributed by atoms with Crippen LogP contribution in [0.1, 0.15) is 37.1 Å². The second kappa shape index (κ2) is 4.63. The zero-order valence-corrected chi connectivity index (χ0v) is 12.0. The van der Waals surface area contributed by atoms with Gasteiger partial charge in [-0.25, -0.2) is 9.78 Å². The quantitative estimate of drug-likeness (QED) is 0.640. The molecular formula is C10H13BrN2O2S. The van der Waals surface area contributed by atoms with E-state index in [-0.39, 0.29) is 11.2 Å². The van der Waals surface area contributed by atoms with Crippen LogP contribution >= 0.6 is 28.1 Å². The number of hydrogen-bond acceptors (Lipinski definition) is 4. The first-order chi connectivity index (χ1) is 7.27. The summed E-state index contributed by atoms with van der Waals surface area (Å²) in [4.78, 5) is 18.3. The first-order valence-electron chi connectivity index (χ1n) is 4.66. The minimum atomic E-state index is -0.524. The molecule has 0 aliphatic heterocycles. The summed E-state index contributed by atoms with van der Waals surface area (Å²) < 4.78 is 5.67. The van der Waals surface area contributed by atoms with Crippen molar-refractivity contribution in [2.45, 2.75) is 26.2 Å². The summed E-state index contributed by atoms with van der Waals surface area (Å²) in [6.07, 6.45) is 0.